The Bertz CT molecular complexity index is 785. The van der Waals surface area contributed by atoms with Gasteiger partial charge >= 0.3 is 5.92 Å². The fourth-order valence-corrected chi connectivity index (χ4v) is 6.74. The summed E-state index contributed by atoms with van der Waals surface area (Å²) in [4.78, 5) is 0. The Balaban J connectivity index is 1.22. The molecule has 2 saturated carbocycles. The molecule has 0 spiro atoms. The molecule has 1 aromatic carbocycles. The number of benzene rings is 1. The fraction of sp³-hybridized carbons (Fsp3) is 0.786. The van der Waals surface area contributed by atoms with Gasteiger partial charge < -0.3 is 14.2 Å². The topological polar surface area (TPSA) is 27.7 Å². The van der Waals surface area contributed by atoms with Crippen LogP contribution >= 0.6 is 0 Å². The second kappa shape index (κ2) is 11.8. The highest BCUT2D eigenvalue weighted by Gasteiger charge is 2.46. The molecule has 2 aliphatic carbocycles. The monoisotopic (exact) mass is 500 g/mol. The van der Waals surface area contributed by atoms with E-state index in [0.29, 0.717) is 5.92 Å². The molecule has 198 valence electrons. The average molecular weight is 501 g/mol. The van der Waals surface area contributed by atoms with Crippen molar-refractivity contribution in [3.63, 3.8) is 0 Å². The summed E-state index contributed by atoms with van der Waals surface area (Å²) in [5.74, 6) is -2.82. The van der Waals surface area contributed by atoms with Gasteiger partial charge in [-0.05, 0) is 79.9 Å². The van der Waals surface area contributed by atoms with E-state index >= 15 is 0 Å². The quantitative estimate of drug-likeness (QED) is 0.345. The largest absolute Gasteiger partial charge is 0.491 e. The minimum Gasteiger partial charge on any atom is -0.491 e. The van der Waals surface area contributed by atoms with Crippen molar-refractivity contribution in [3.05, 3.63) is 29.3 Å². The lowest BCUT2D eigenvalue weighted by Gasteiger charge is -2.42. The number of ether oxygens (including phenoxy) is 3. The molecule has 35 heavy (non-hydrogen) atoms. The van der Waals surface area contributed by atoms with Crippen LogP contribution in [0.4, 0.5) is 17.6 Å². The summed E-state index contributed by atoms with van der Waals surface area (Å²) in [6.07, 6.45) is 10.3. The van der Waals surface area contributed by atoms with Crippen LogP contribution in [0.5, 0.6) is 5.75 Å². The van der Waals surface area contributed by atoms with Crippen molar-refractivity contribution >= 4 is 0 Å². The normalized spacial score (nSPS) is 32.4. The highest BCUT2D eigenvalue weighted by atomic mass is 19.3. The van der Waals surface area contributed by atoms with Crippen LogP contribution in [0.15, 0.2) is 12.1 Å². The van der Waals surface area contributed by atoms with Crippen molar-refractivity contribution < 1.29 is 31.8 Å². The molecule has 0 amide bonds. The first kappa shape index (κ1) is 26.7. The van der Waals surface area contributed by atoms with Gasteiger partial charge in [0.15, 0.2) is 17.4 Å². The number of halogens is 4. The second-order valence-corrected chi connectivity index (χ2v) is 11.0. The van der Waals surface area contributed by atoms with E-state index in [1.807, 2.05) is 0 Å². The lowest BCUT2D eigenvalue weighted by atomic mass is 9.67. The zero-order valence-electron chi connectivity index (χ0n) is 21.0. The van der Waals surface area contributed by atoms with Gasteiger partial charge in [-0.25, -0.2) is 17.6 Å². The van der Waals surface area contributed by atoms with Crippen LogP contribution in [0.25, 0.3) is 0 Å². The highest BCUT2D eigenvalue weighted by molar-refractivity contribution is 5.32. The Morgan fingerprint density at radius 3 is 1.80 bits per heavy atom. The molecule has 4 rings (SSSR count). The van der Waals surface area contributed by atoms with Crippen LogP contribution in [0, 0.1) is 41.2 Å². The van der Waals surface area contributed by atoms with E-state index in [1.54, 1.807) is 0 Å². The van der Waals surface area contributed by atoms with Gasteiger partial charge in [0.2, 0.25) is 6.29 Å². The number of hydrogen-bond donors (Lipinski definition) is 0. The molecule has 7 heteroatoms. The molecule has 0 radical (unpaired) electrons. The summed E-state index contributed by atoms with van der Waals surface area (Å²) in [6.45, 7) is 2.75. The molecule has 0 bridgehead atoms. The molecule has 1 heterocycles. The third kappa shape index (κ3) is 6.51. The minimum absolute atomic E-state index is 0.124. The Kier molecular flexibility index (Phi) is 9.01. The summed E-state index contributed by atoms with van der Waals surface area (Å²) < 4.78 is 73.0. The van der Waals surface area contributed by atoms with E-state index in [9.17, 15) is 17.6 Å². The lowest BCUT2D eigenvalue weighted by Crippen LogP contribution is -2.47. The summed E-state index contributed by atoms with van der Waals surface area (Å²) in [5.41, 5.74) is -0.165. The third-order valence-corrected chi connectivity index (χ3v) is 8.71. The first-order chi connectivity index (χ1) is 16.8. The van der Waals surface area contributed by atoms with Crippen molar-refractivity contribution in [2.45, 2.75) is 89.8 Å². The van der Waals surface area contributed by atoms with Crippen molar-refractivity contribution in [1.82, 2.24) is 0 Å². The van der Waals surface area contributed by atoms with E-state index in [4.69, 9.17) is 9.47 Å². The maximum atomic E-state index is 14.8. The zero-order valence-corrected chi connectivity index (χ0v) is 21.0. The van der Waals surface area contributed by atoms with E-state index in [0.717, 1.165) is 49.8 Å². The van der Waals surface area contributed by atoms with Crippen molar-refractivity contribution in [2.75, 3.05) is 20.3 Å². The van der Waals surface area contributed by atoms with Gasteiger partial charge in [-0.2, -0.15) is 0 Å². The third-order valence-electron chi connectivity index (χ3n) is 8.71. The maximum Gasteiger partial charge on any atom is 0.301 e. The maximum absolute atomic E-state index is 14.8. The molecule has 0 aromatic heterocycles. The molecule has 0 unspecified atom stereocenters. The zero-order chi connectivity index (χ0) is 25.0. The van der Waals surface area contributed by atoms with Crippen molar-refractivity contribution in [2.24, 2.45) is 29.6 Å². The summed E-state index contributed by atoms with van der Waals surface area (Å²) in [6, 6.07) is 1.74. The molecule has 3 nitrogen and oxygen atoms in total. The van der Waals surface area contributed by atoms with Crippen molar-refractivity contribution in [3.8, 4) is 5.75 Å². The van der Waals surface area contributed by atoms with Crippen molar-refractivity contribution in [1.29, 1.82) is 0 Å². The van der Waals surface area contributed by atoms with Crippen LogP contribution in [-0.4, -0.2) is 32.5 Å². The molecule has 3 fully saturated rings. The minimum atomic E-state index is -3.40. The number of rotatable bonds is 8. The first-order valence-electron chi connectivity index (χ1n) is 13.4. The van der Waals surface area contributed by atoms with Gasteiger partial charge in [0.05, 0.1) is 20.3 Å². The lowest BCUT2D eigenvalue weighted by molar-refractivity contribution is -0.294. The van der Waals surface area contributed by atoms with Gasteiger partial charge in [0.25, 0.3) is 0 Å². The van der Waals surface area contributed by atoms with E-state index < -0.39 is 36.0 Å². The number of methoxy groups -OCH3 is 1. The highest BCUT2D eigenvalue weighted by Crippen LogP contribution is 2.44. The number of alkyl halides is 2. The van der Waals surface area contributed by atoms with E-state index in [2.05, 4.69) is 11.7 Å². The Morgan fingerprint density at radius 1 is 0.829 bits per heavy atom. The Hall–Kier alpha value is -1.34. The molecule has 1 saturated heterocycles. The fourth-order valence-electron chi connectivity index (χ4n) is 6.74. The van der Waals surface area contributed by atoms with Crippen LogP contribution in [-0.2, 0) is 15.9 Å². The van der Waals surface area contributed by atoms with Gasteiger partial charge in [-0.15, -0.1) is 0 Å². The SMILES string of the molecule is CCCC1CCC(C2CCC(C3COC(C(F)(F)Cc4cc(F)c(OC)c(F)c4)OC3)CC2)CC1. The summed E-state index contributed by atoms with van der Waals surface area (Å²) >= 11 is 0. The molecule has 3 aliphatic rings. The molecular weight excluding hydrogens is 460 g/mol. The Morgan fingerprint density at radius 2 is 1.31 bits per heavy atom. The standard InChI is InChI=1S/C28H40F4O3/c1-3-4-18-5-7-20(8-6-18)21-9-11-22(12-10-21)23-16-34-27(35-17-23)28(31,32)15-19-13-24(29)26(33-2)25(30)14-19/h13-14,18,20-23,27H,3-12,15-17H2,1-2H3. The van der Waals surface area contributed by atoms with Gasteiger partial charge in [-0.1, -0.05) is 32.6 Å². The first-order valence-corrected chi connectivity index (χ1v) is 13.4. The number of hydrogen-bond acceptors (Lipinski definition) is 3. The van der Waals surface area contributed by atoms with Gasteiger partial charge in [0, 0.05) is 12.3 Å². The molecular formula is C28H40F4O3. The van der Waals surface area contributed by atoms with Crippen LogP contribution in [0.3, 0.4) is 0 Å². The predicted octanol–water partition coefficient (Wildman–Crippen LogP) is 7.55. The van der Waals surface area contributed by atoms with Gasteiger partial charge in [-0.3, -0.25) is 0 Å². The van der Waals surface area contributed by atoms with Crippen LogP contribution in [0.1, 0.15) is 76.7 Å². The Labute approximate surface area is 206 Å². The van der Waals surface area contributed by atoms with Crippen LogP contribution < -0.4 is 4.74 Å². The molecule has 1 aliphatic heterocycles. The van der Waals surface area contributed by atoms with E-state index in [-0.39, 0.29) is 24.7 Å². The smallest absolute Gasteiger partial charge is 0.301 e. The average Bonchev–Trinajstić information content (AvgIpc) is 2.85. The van der Waals surface area contributed by atoms with E-state index in [1.165, 1.54) is 51.4 Å². The summed E-state index contributed by atoms with van der Waals surface area (Å²) in [5, 5.41) is 0. The van der Waals surface area contributed by atoms with Gasteiger partial charge in [0.1, 0.15) is 0 Å². The summed E-state index contributed by atoms with van der Waals surface area (Å²) in [7, 11) is 1.13. The molecule has 0 N–H and O–H groups in total. The van der Waals surface area contributed by atoms with Crippen LogP contribution in [0.2, 0.25) is 0 Å². The second-order valence-electron chi connectivity index (χ2n) is 11.0. The molecule has 0 atom stereocenters. The predicted molar refractivity (Wildman–Crippen MR) is 127 cm³/mol. The molecule has 1 aromatic rings.